The first-order valence-electron chi connectivity index (χ1n) is 5.39. The smallest absolute Gasteiger partial charge is 0.173 e. The molecule has 3 saturated heterocycles. The van der Waals surface area contributed by atoms with Gasteiger partial charge in [0.25, 0.3) is 0 Å². The molecule has 4 rings (SSSR count). The number of hydrogen-bond acceptors (Lipinski definition) is 6. The standard InChI is InChI=1S/C6H15N6P3/c1-2-10(1)13-7-14(11-3-4-11)9-15(8-13)12-5-6-12/h13-14H,1-6H2,(H,7,8,9). The van der Waals surface area contributed by atoms with Crippen molar-refractivity contribution in [3.63, 3.8) is 0 Å². The van der Waals surface area contributed by atoms with Crippen molar-refractivity contribution in [1.29, 1.82) is 0 Å². The van der Waals surface area contributed by atoms with E-state index in [2.05, 4.69) is 18.9 Å². The van der Waals surface area contributed by atoms with Crippen molar-refractivity contribution in [3.05, 3.63) is 0 Å². The normalized spacial score (nSPS) is 45.7. The summed E-state index contributed by atoms with van der Waals surface area (Å²) in [4.78, 5) is 3.67. The summed E-state index contributed by atoms with van der Waals surface area (Å²) in [5.74, 6) is 0. The summed E-state index contributed by atoms with van der Waals surface area (Å²) < 4.78 is 17.3. The fourth-order valence-corrected chi connectivity index (χ4v) is 10.3. The third-order valence-corrected chi connectivity index (χ3v) is 10.5. The van der Waals surface area contributed by atoms with Gasteiger partial charge in [-0.05, 0) is 0 Å². The lowest BCUT2D eigenvalue weighted by molar-refractivity contribution is 0.875. The average Bonchev–Trinajstić information content (AvgIpc) is 3.20. The maximum Gasteiger partial charge on any atom is 0.173 e. The second-order valence-corrected chi connectivity index (χ2v) is 10.4. The zero-order valence-corrected chi connectivity index (χ0v) is 11.3. The maximum atomic E-state index is 4.93. The van der Waals surface area contributed by atoms with E-state index in [1.807, 2.05) is 0 Å². The maximum absolute atomic E-state index is 4.93. The SMILES string of the molecule is C1CN1P1N=[PH](N2CC2)N=[PH](N2CC2)N1. The van der Waals surface area contributed by atoms with Crippen LogP contribution in [0.15, 0.2) is 9.03 Å². The summed E-state index contributed by atoms with van der Waals surface area (Å²) >= 11 is 0. The molecule has 4 aliphatic heterocycles. The van der Waals surface area contributed by atoms with E-state index >= 15 is 0 Å². The first-order chi connectivity index (χ1) is 7.40. The third-order valence-electron chi connectivity index (χ3n) is 2.76. The Morgan fingerprint density at radius 3 is 2.33 bits per heavy atom. The van der Waals surface area contributed by atoms with E-state index in [0.29, 0.717) is 0 Å². The second kappa shape index (κ2) is 3.61. The molecule has 15 heavy (non-hydrogen) atoms. The molecule has 0 aliphatic carbocycles. The third kappa shape index (κ3) is 2.10. The molecule has 4 aliphatic rings. The lowest BCUT2D eigenvalue weighted by Crippen LogP contribution is -2.06. The van der Waals surface area contributed by atoms with Crippen LogP contribution in [0.25, 0.3) is 0 Å². The molecule has 3 fully saturated rings. The topological polar surface area (TPSA) is 45.8 Å². The van der Waals surface area contributed by atoms with Crippen LogP contribution in [0.2, 0.25) is 0 Å². The van der Waals surface area contributed by atoms with Crippen LogP contribution in [0.1, 0.15) is 0 Å². The predicted octanol–water partition coefficient (Wildman–Crippen LogP) is 1.22. The number of nitrogens with one attached hydrogen (secondary N) is 1. The summed E-state index contributed by atoms with van der Waals surface area (Å²) in [5.41, 5.74) is 0. The van der Waals surface area contributed by atoms with Gasteiger partial charge in [0, 0.05) is 39.3 Å². The van der Waals surface area contributed by atoms with E-state index in [1.54, 1.807) is 0 Å². The molecular formula is C6H15N6P3. The van der Waals surface area contributed by atoms with Crippen molar-refractivity contribution in [2.45, 2.75) is 0 Å². The van der Waals surface area contributed by atoms with Crippen molar-refractivity contribution in [3.8, 4) is 0 Å². The first-order valence-corrected chi connectivity index (χ1v) is 9.37. The van der Waals surface area contributed by atoms with Crippen molar-refractivity contribution < 1.29 is 0 Å². The summed E-state index contributed by atoms with van der Waals surface area (Å²) in [5, 5.41) is 0. The van der Waals surface area contributed by atoms with E-state index in [0.717, 1.165) is 0 Å². The fraction of sp³-hybridized carbons (Fsp3) is 1.00. The Morgan fingerprint density at radius 1 is 1.00 bits per heavy atom. The summed E-state index contributed by atoms with van der Waals surface area (Å²) in [7, 11) is -1.96. The van der Waals surface area contributed by atoms with Gasteiger partial charge in [-0.3, -0.25) is 9.34 Å². The fourth-order valence-electron chi connectivity index (χ4n) is 1.50. The van der Waals surface area contributed by atoms with Gasteiger partial charge in [-0.25, -0.2) is 18.6 Å². The Bertz CT molecular complexity index is 358. The zero-order valence-electron chi connectivity index (χ0n) is 8.43. The van der Waals surface area contributed by atoms with Crippen LogP contribution < -0.4 is 4.86 Å². The molecule has 0 aromatic rings. The highest BCUT2D eigenvalue weighted by Gasteiger charge is 2.36. The molecular weight excluding hydrogens is 249 g/mol. The van der Waals surface area contributed by atoms with Crippen LogP contribution in [-0.4, -0.2) is 53.3 Å². The molecule has 4 heterocycles. The molecule has 3 unspecified atom stereocenters. The minimum Gasteiger partial charge on any atom is -0.257 e. The van der Waals surface area contributed by atoms with Gasteiger partial charge in [-0.15, -0.1) is 0 Å². The van der Waals surface area contributed by atoms with Crippen molar-refractivity contribution in [1.82, 2.24) is 18.9 Å². The molecule has 6 nitrogen and oxygen atoms in total. The minimum absolute atomic E-state index is 0.361. The molecule has 3 atom stereocenters. The van der Waals surface area contributed by atoms with Crippen LogP contribution >= 0.6 is 24.4 Å². The molecule has 0 radical (unpaired) electrons. The van der Waals surface area contributed by atoms with Crippen LogP contribution in [-0.2, 0) is 0 Å². The highest BCUT2D eigenvalue weighted by molar-refractivity contribution is 7.72. The largest absolute Gasteiger partial charge is 0.257 e. The molecule has 1 N–H and O–H groups in total. The zero-order chi connectivity index (χ0) is 9.83. The number of rotatable bonds is 3. The van der Waals surface area contributed by atoms with Gasteiger partial charge in [0.1, 0.15) is 8.01 Å². The van der Waals surface area contributed by atoms with Crippen LogP contribution in [0.4, 0.5) is 0 Å². The highest BCUT2D eigenvalue weighted by atomic mass is 31.2. The van der Waals surface area contributed by atoms with Crippen molar-refractivity contribution in [2.75, 3.05) is 39.3 Å². The van der Waals surface area contributed by atoms with Crippen LogP contribution in [0.5, 0.6) is 0 Å². The van der Waals surface area contributed by atoms with Crippen molar-refractivity contribution >= 4 is 24.4 Å². The van der Waals surface area contributed by atoms with Gasteiger partial charge in [0.05, 0.1) is 8.01 Å². The van der Waals surface area contributed by atoms with E-state index in [1.165, 1.54) is 39.3 Å². The summed E-state index contributed by atoms with van der Waals surface area (Å²) in [6.07, 6.45) is 0. The number of hydrogen-bond donors (Lipinski definition) is 1. The van der Waals surface area contributed by atoms with Gasteiger partial charge >= 0.3 is 0 Å². The lowest BCUT2D eigenvalue weighted by Gasteiger charge is -2.24. The summed E-state index contributed by atoms with van der Waals surface area (Å²) in [6, 6.07) is 0. The predicted molar refractivity (Wildman–Crippen MR) is 66.3 cm³/mol. The van der Waals surface area contributed by atoms with Gasteiger partial charge in [-0.2, -0.15) is 0 Å². The Labute approximate surface area is 92.1 Å². The quantitative estimate of drug-likeness (QED) is 0.615. The van der Waals surface area contributed by atoms with E-state index in [9.17, 15) is 0 Å². The van der Waals surface area contributed by atoms with Gasteiger partial charge in [0.2, 0.25) is 0 Å². The Hall–Kier alpha value is 0.730. The Morgan fingerprint density at radius 2 is 1.73 bits per heavy atom. The van der Waals surface area contributed by atoms with E-state index in [4.69, 9.17) is 9.03 Å². The minimum atomic E-state index is -0.848. The molecule has 0 amide bonds. The highest BCUT2D eigenvalue weighted by Crippen LogP contribution is 2.62. The van der Waals surface area contributed by atoms with E-state index < -0.39 is 16.0 Å². The van der Waals surface area contributed by atoms with Gasteiger partial charge in [0.15, 0.2) is 8.37 Å². The average molecular weight is 264 g/mol. The number of nitrogens with zero attached hydrogens (tertiary/aromatic N) is 5. The molecule has 0 aromatic heterocycles. The molecule has 0 spiro atoms. The Kier molecular flexibility index (Phi) is 2.34. The second-order valence-electron chi connectivity index (χ2n) is 4.16. The molecule has 0 bridgehead atoms. The Balaban J connectivity index is 1.61. The molecule has 84 valence electrons. The lowest BCUT2D eigenvalue weighted by atomic mass is 11.0. The molecule has 9 heteroatoms. The van der Waals surface area contributed by atoms with Gasteiger partial charge < -0.3 is 0 Å². The van der Waals surface area contributed by atoms with Crippen molar-refractivity contribution in [2.24, 2.45) is 9.03 Å². The van der Waals surface area contributed by atoms with Gasteiger partial charge in [-0.1, -0.05) is 0 Å². The first kappa shape index (κ1) is 9.73. The van der Waals surface area contributed by atoms with E-state index in [-0.39, 0.29) is 8.37 Å². The molecule has 0 aromatic carbocycles. The monoisotopic (exact) mass is 264 g/mol. The summed E-state index contributed by atoms with van der Waals surface area (Å²) in [6.45, 7) is 7.46. The van der Waals surface area contributed by atoms with Crippen LogP contribution in [0.3, 0.4) is 0 Å². The molecule has 0 saturated carbocycles. The van der Waals surface area contributed by atoms with Crippen LogP contribution in [0, 0.1) is 0 Å².